The molecule has 0 radical (unpaired) electrons. The molecule has 2 fully saturated rings. The Labute approximate surface area is 143 Å². The van der Waals surface area contributed by atoms with Gasteiger partial charge in [-0.1, -0.05) is 6.92 Å². The Bertz CT molecular complexity index is 708. The van der Waals surface area contributed by atoms with Crippen molar-refractivity contribution < 1.29 is 13.2 Å². The summed E-state index contributed by atoms with van der Waals surface area (Å²) in [4.78, 5) is 14.6. The van der Waals surface area contributed by atoms with Gasteiger partial charge in [0.2, 0.25) is 10.0 Å². The molecule has 0 atom stereocenters. The van der Waals surface area contributed by atoms with Gasteiger partial charge in [0.15, 0.2) is 0 Å². The lowest BCUT2D eigenvalue weighted by Gasteiger charge is -2.22. The number of amides is 1. The van der Waals surface area contributed by atoms with Crippen LogP contribution in [-0.4, -0.2) is 40.0 Å². The van der Waals surface area contributed by atoms with Crippen LogP contribution in [0.2, 0.25) is 0 Å². The zero-order valence-corrected chi connectivity index (χ0v) is 14.9. The molecule has 132 valence electrons. The van der Waals surface area contributed by atoms with E-state index in [2.05, 4.69) is 14.9 Å². The Balaban J connectivity index is 1.94. The van der Waals surface area contributed by atoms with E-state index >= 15 is 0 Å². The van der Waals surface area contributed by atoms with Crippen LogP contribution in [0.3, 0.4) is 0 Å². The Morgan fingerprint density at radius 3 is 2.58 bits per heavy atom. The topological polar surface area (TPSA) is 78.5 Å². The summed E-state index contributed by atoms with van der Waals surface area (Å²) in [5.41, 5.74) is 1.10. The largest absolute Gasteiger partial charge is 0.370 e. The highest BCUT2D eigenvalue weighted by Gasteiger charge is 2.27. The number of carbonyl (C=O) groups excluding carboxylic acids is 1. The van der Waals surface area contributed by atoms with Gasteiger partial charge in [-0.05, 0) is 50.3 Å². The SMILES string of the molecule is CCCNS(=O)(=O)c1cc(C(=O)NC2CC2)ccc1N1CCCC1. The quantitative estimate of drug-likeness (QED) is 0.786. The Morgan fingerprint density at radius 1 is 1.25 bits per heavy atom. The van der Waals surface area contributed by atoms with Crippen LogP contribution in [0.1, 0.15) is 49.4 Å². The molecular formula is C17H25N3O3S. The molecule has 6 nitrogen and oxygen atoms in total. The first kappa shape index (κ1) is 17.2. The minimum atomic E-state index is -3.63. The molecule has 0 aromatic heterocycles. The number of carbonyl (C=O) groups is 1. The molecule has 2 aliphatic rings. The van der Waals surface area contributed by atoms with Crippen LogP contribution in [-0.2, 0) is 10.0 Å². The average Bonchev–Trinajstić information content (AvgIpc) is 3.22. The van der Waals surface area contributed by atoms with Crippen LogP contribution < -0.4 is 14.9 Å². The maximum Gasteiger partial charge on any atom is 0.251 e. The third-order valence-corrected chi connectivity index (χ3v) is 5.90. The highest BCUT2D eigenvalue weighted by molar-refractivity contribution is 7.89. The van der Waals surface area contributed by atoms with Gasteiger partial charge in [-0.2, -0.15) is 0 Å². The number of nitrogens with one attached hydrogen (secondary N) is 2. The molecule has 0 spiro atoms. The van der Waals surface area contributed by atoms with E-state index in [9.17, 15) is 13.2 Å². The first-order chi connectivity index (χ1) is 11.5. The molecule has 3 rings (SSSR count). The van der Waals surface area contributed by atoms with Crippen molar-refractivity contribution in [3.8, 4) is 0 Å². The highest BCUT2D eigenvalue weighted by Crippen LogP contribution is 2.29. The fraction of sp³-hybridized carbons (Fsp3) is 0.588. The summed E-state index contributed by atoms with van der Waals surface area (Å²) in [6.07, 6.45) is 4.85. The summed E-state index contributed by atoms with van der Waals surface area (Å²) >= 11 is 0. The molecule has 2 N–H and O–H groups in total. The smallest absolute Gasteiger partial charge is 0.251 e. The van der Waals surface area contributed by atoms with Crippen molar-refractivity contribution in [1.82, 2.24) is 10.0 Å². The van der Waals surface area contributed by atoms with Crippen LogP contribution >= 0.6 is 0 Å². The second kappa shape index (κ2) is 7.11. The van der Waals surface area contributed by atoms with Gasteiger partial charge in [0, 0.05) is 31.2 Å². The van der Waals surface area contributed by atoms with E-state index in [4.69, 9.17) is 0 Å². The van der Waals surface area contributed by atoms with Crippen LogP contribution in [0.5, 0.6) is 0 Å². The summed E-state index contributed by atoms with van der Waals surface area (Å²) in [5, 5.41) is 2.91. The van der Waals surface area contributed by atoms with Crippen LogP contribution in [0.15, 0.2) is 23.1 Å². The van der Waals surface area contributed by atoms with Crippen molar-refractivity contribution in [2.24, 2.45) is 0 Å². The lowest BCUT2D eigenvalue weighted by Crippen LogP contribution is -2.29. The second-order valence-corrected chi connectivity index (χ2v) is 8.26. The lowest BCUT2D eigenvalue weighted by atomic mass is 10.2. The predicted octanol–water partition coefficient (Wildman–Crippen LogP) is 1.87. The molecule has 1 aromatic carbocycles. The molecule has 1 heterocycles. The molecule has 1 aliphatic carbocycles. The van der Waals surface area contributed by atoms with E-state index in [0.29, 0.717) is 17.8 Å². The van der Waals surface area contributed by atoms with Gasteiger partial charge in [0.1, 0.15) is 4.90 Å². The van der Waals surface area contributed by atoms with Gasteiger partial charge in [0.25, 0.3) is 5.91 Å². The maximum atomic E-state index is 12.7. The zero-order chi connectivity index (χ0) is 17.2. The zero-order valence-electron chi connectivity index (χ0n) is 14.0. The van der Waals surface area contributed by atoms with E-state index in [0.717, 1.165) is 45.2 Å². The van der Waals surface area contributed by atoms with Crippen LogP contribution in [0, 0.1) is 0 Å². The minimum absolute atomic E-state index is 0.197. The molecule has 0 unspecified atom stereocenters. The fourth-order valence-electron chi connectivity index (χ4n) is 2.90. The van der Waals surface area contributed by atoms with E-state index in [1.807, 2.05) is 6.92 Å². The van der Waals surface area contributed by atoms with Gasteiger partial charge in [-0.3, -0.25) is 4.79 Å². The third-order valence-electron chi connectivity index (χ3n) is 4.41. The van der Waals surface area contributed by atoms with Crippen molar-refractivity contribution in [3.63, 3.8) is 0 Å². The normalized spacial score (nSPS) is 18.0. The Hall–Kier alpha value is -1.60. The first-order valence-electron chi connectivity index (χ1n) is 8.71. The molecule has 24 heavy (non-hydrogen) atoms. The maximum absolute atomic E-state index is 12.7. The lowest BCUT2D eigenvalue weighted by molar-refractivity contribution is 0.0951. The van der Waals surface area contributed by atoms with Gasteiger partial charge in [0.05, 0.1) is 5.69 Å². The summed E-state index contributed by atoms with van der Waals surface area (Å²) in [7, 11) is -3.63. The van der Waals surface area contributed by atoms with Crippen molar-refractivity contribution in [1.29, 1.82) is 0 Å². The molecule has 1 aromatic rings. The van der Waals surface area contributed by atoms with Crippen LogP contribution in [0.25, 0.3) is 0 Å². The summed E-state index contributed by atoms with van der Waals surface area (Å²) in [6, 6.07) is 5.26. The summed E-state index contributed by atoms with van der Waals surface area (Å²) < 4.78 is 28.0. The molecular weight excluding hydrogens is 326 g/mol. The second-order valence-electron chi connectivity index (χ2n) is 6.52. The standard InChI is InChI=1S/C17H25N3O3S/c1-2-9-18-24(22,23)16-12-13(17(21)19-14-6-7-14)5-8-15(16)20-10-3-4-11-20/h5,8,12,14,18H,2-4,6-7,9-11H2,1H3,(H,19,21). The van der Waals surface area contributed by atoms with Gasteiger partial charge >= 0.3 is 0 Å². The number of sulfonamides is 1. The fourth-order valence-corrected chi connectivity index (χ4v) is 4.28. The van der Waals surface area contributed by atoms with Gasteiger partial charge in [-0.25, -0.2) is 13.1 Å². The van der Waals surface area contributed by atoms with Gasteiger partial charge in [-0.15, -0.1) is 0 Å². The first-order valence-corrected chi connectivity index (χ1v) is 10.2. The number of benzene rings is 1. The predicted molar refractivity (Wildman–Crippen MR) is 93.9 cm³/mol. The van der Waals surface area contributed by atoms with E-state index < -0.39 is 10.0 Å². The molecule has 0 bridgehead atoms. The van der Waals surface area contributed by atoms with Crippen molar-refractivity contribution in [3.05, 3.63) is 23.8 Å². The summed E-state index contributed by atoms with van der Waals surface area (Å²) in [6.45, 7) is 4.01. The van der Waals surface area contributed by atoms with Crippen molar-refractivity contribution in [2.75, 3.05) is 24.5 Å². The minimum Gasteiger partial charge on any atom is -0.370 e. The highest BCUT2D eigenvalue weighted by atomic mass is 32.2. The molecule has 1 saturated carbocycles. The number of rotatable bonds is 7. The van der Waals surface area contributed by atoms with Crippen LogP contribution in [0.4, 0.5) is 5.69 Å². The van der Waals surface area contributed by atoms with E-state index in [-0.39, 0.29) is 16.8 Å². The number of hydrogen-bond acceptors (Lipinski definition) is 4. The Kier molecular flexibility index (Phi) is 5.10. The van der Waals surface area contributed by atoms with Crippen molar-refractivity contribution in [2.45, 2.75) is 50.0 Å². The molecule has 7 heteroatoms. The van der Waals surface area contributed by atoms with E-state index in [1.165, 1.54) is 6.07 Å². The third kappa shape index (κ3) is 3.89. The van der Waals surface area contributed by atoms with Gasteiger partial charge < -0.3 is 10.2 Å². The number of anilines is 1. The van der Waals surface area contributed by atoms with Crippen molar-refractivity contribution >= 4 is 21.6 Å². The monoisotopic (exact) mass is 351 g/mol. The number of hydrogen-bond donors (Lipinski definition) is 2. The molecule has 1 aliphatic heterocycles. The molecule has 1 amide bonds. The average molecular weight is 351 g/mol. The summed E-state index contributed by atoms with van der Waals surface area (Å²) in [5.74, 6) is -0.197. The number of nitrogens with zero attached hydrogens (tertiary/aromatic N) is 1. The Morgan fingerprint density at radius 2 is 1.96 bits per heavy atom. The molecule has 1 saturated heterocycles. The van der Waals surface area contributed by atoms with E-state index in [1.54, 1.807) is 12.1 Å².